The van der Waals surface area contributed by atoms with E-state index < -0.39 is 0 Å². The van der Waals surface area contributed by atoms with Crippen LogP contribution in [-0.2, 0) is 6.42 Å². The minimum absolute atomic E-state index is 0.162. The SMILES string of the molecule is Cc1c(CC/C=C/C2CCCC2)ccc(OCC2CCCC2)c1F. The molecule has 0 amide bonds. The van der Waals surface area contributed by atoms with Crippen LogP contribution in [0, 0.1) is 24.6 Å². The van der Waals surface area contributed by atoms with Crippen LogP contribution >= 0.6 is 0 Å². The summed E-state index contributed by atoms with van der Waals surface area (Å²) in [7, 11) is 0. The van der Waals surface area contributed by atoms with Gasteiger partial charge >= 0.3 is 0 Å². The first-order chi connectivity index (χ1) is 11.7. The fraction of sp³-hybridized carbons (Fsp3) is 0.636. The minimum atomic E-state index is -0.162. The molecule has 2 aliphatic rings. The van der Waals surface area contributed by atoms with Crippen LogP contribution in [0.2, 0.25) is 0 Å². The van der Waals surface area contributed by atoms with Gasteiger partial charge in [0, 0.05) is 0 Å². The molecule has 0 heterocycles. The molecule has 0 radical (unpaired) electrons. The average Bonchev–Trinajstić information content (AvgIpc) is 3.28. The van der Waals surface area contributed by atoms with E-state index in [4.69, 9.17) is 4.74 Å². The summed E-state index contributed by atoms with van der Waals surface area (Å²) in [6.07, 6.45) is 17.1. The zero-order chi connectivity index (χ0) is 16.8. The Balaban J connectivity index is 1.51. The number of ether oxygens (including phenoxy) is 1. The van der Waals surface area contributed by atoms with Crippen molar-refractivity contribution in [3.05, 3.63) is 41.2 Å². The van der Waals surface area contributed by atoms with Gasteiger partial charge in [-0.3, -0.25) is 0 Å². The third-order valence-corrected chi connectivity index (χ3v) is 5.80. The van der Waals surface area contributed by atoms with Gasteiger partial charge in [-0.05, 0) is 74.5 Å². The topological polar surface area (TPSA) is 9.23 Å². The largest absolute Gasteiger partial charge is 0.490 e. The molecule has 0 unspecified atom stereocenters. The van der Waals surface area contributed by atoms with Gasteiger partial charge in [0.2, 0.25) is 0 Å². The van der Waals surface area contributed by atoms with E-state index in [1.54, 1.807) is 0 Å². The first-order valence-electron chi connectivity index (χ1n) is 9.81. The predicted molar refractivity (Wildman–Crippen MR) is 98.0 cm³/mol. The van der Waals surface area contributed by atoms with Crippen molar-refractivity contribution >= 4 is 0 Å². The monoisotopic (exact) mass is 330 g/mol. The van der Waals surface area contributed by atoms with Crippen LogP contribution in [-0.4, -0.2) is 6.61 Å². The Kier molecular flexibility index (Phi) is 6.34. The molecule has 24 heavy (non-hydrogen) atoms. The molecule has 2 aliphatic carbocycles. The maximum atomic E-state index is 14.5. The second kappa shape index (κ2) is 8.69. The van der Waals surface area contributed by atoms with Crippen molar-refractivity contribution in [3.8, 4) is 5.75 Å². The number of benzene rings is 1. The minimum Gasteiger partial charge on any atom is -0.490 e. The third kappa shape index (κ3) is 4.62. The number of rotatable bonds is 7. The van der Waals surface area contributed by atoms with E-state index in [2.05, 4.69) is 12.2 Å². The zero-order valence-electron chi connectivity index (χ0n) is 15.0. The molecule has 3 rings (SSSR count). The van der Waals surface area contributed by atoms with Crippen LogP contribution in [0.5, 0.6) is 5.75 Å². The fourth-order valence-electron chi connectivity index (χ4n) is 4.14. The summed E-state index contributed by atoms with van der Waals surface area (Å²) in [5.74, 6) is 1.68. The Hall–Kier alpha value is -1.31. The van der Waals surface area contributed by atoms with Gasteiger partial charge in [-0.2, -0.15) is 0 Å². The van der Waals surface area contributed by atoms with E-state index in [0.717, 1.165) is 29.9 Å². The summed E-state index contributed by atoms with van der Waals surface area (Å²) in [6.45, 7) is 2.55. The number of halogens is 1. The third-order valence-electron chi connectivity index (χ3n) is 5.80. The molecule has 1 aromatic rings. The molecular weight excluding hydrogens is 299 g/mol. The summed E-state index contributed by atoms with van der Waals surface area (Å²) in [6, 6.07) is 3.87. The van der Waals surface area contributed by atoms with Crippen LogP contribution in [0.1, 0.15) is 68.9 Å². The van der Waals surface area contributed by atoms with Crippen molar-refractivity contribution < 1.29 is 9.13 Å². The molecule has 2 saturated carbocycles. The maximum absolute atomic E-state index is 14.5. The summed E-state index contributed by atoms with van der Waals surface area (Å²) >= 11 is 0. The van der Waals surface area contributed by atoms with Crippen molar-refractivity contribution in [2.75, 3.05) is 6.61 Å². The summed E-state index contributed by atoms with van der Waals surface area (Å²) in [5.41, 5.74) is 1.87. The standard InChI is InChI=1S/C22H31FO/c1-17-20(13-7-6-10-18-8-2-3-9-18)14-15-21(22(17)23)24-16-19-11-4-5-12-19/h6,10,14-15,18-19H,2-5,7-9,11-13,16H2,1H3/b10-6+. The van der Waals surface area contributed by atoms with E-state index in [9.17, 15) is 4.39 Å². The van der Waals surface area contributed by atoms with Crippen molar-refractivity contribution in [3.63, 3.8) is 0 Å². The van der Waals surface area contributed by atoms with Crippen LogP contribution in [0.25, 0.3) is 0 Å². The highest BCUT2D eigenvalue weighted by molar-refractivity contribution is 5.37. The lowest BCUT2D eigenvalue weighted by Gasteiger charge is -2.14. The van der Waals surface area contributed by atoms with E-state index in [0.29, 0.717) is 18.3 Å². The molecule has 0 bridgehead atoms. The van der Waals surface area contributed by atoms with Crippen LogP contribution in [0.4, 0.5) is 4.39 Å². The summed E-state index contributed by atoms with van der Waals surface area (Å²) < 4.78 is 20.3. The van der Waals surface area contributed by atoms with Crippen molar-refractivity contribution in [1.29, 1.82) is 0 Å². The van der Waals surface area contributed by atoms with Crippen molar-refractivity contribution in [2.24, 2.45) is 11.8 Å². The van der Waals surface area contributed by atoms with Gasteiger partial charge in [0.25, 0.3) is 0 Å². The molecule has 1 nitrogen and oxygen atoms in total. The van der Waals surface area contributed by atoms with Gasteiger partial charge in [0.15, 0.2) is 11.6 Å². The van der Waals surface area contributed by atoms with Gasteiger partial charge in [-0.25, -0.2) is 4.39 Å². The first kappa shape index (κ1) is 17.5. The van der Waals surface area contributed by atoms with Gasteiger partial charge in [-0.1, -0.05) is 43.9 Å². The zero-order valence-corrected chi connectivity index (χ0v) is 15.0. The van der Waals surface area contributed by atoms with Gasteiger partial charge in [0.1, 0.15) is 0 Å². The highest BCUT2D eigenvalue weighted by atomic mass is 19.1. The Morgan fingerprint density at radius 2 is 1.79 bits per heavy atom. The number of hydrogen-bond acceptors (Lipinski definition) is 1. The van der Waals surface area contributed by atoms with Crippen LogP contribution in [0.15, 0.2) is 24.3 Å². The molecule has 0 spiro atoms. The lowest BCUT2D eigenvalue weighted by molar-refractivity contribution is 0.241. The Labute approximate surface area is 146 Å². The van der Waals surface area contributed by atoms with E-state index in [-0.39, 0.29) is 5.82 Å². The Bertz CT molecular complexity index is 551. The molecule has 2 heteroatoms. The fourth-order valence-corrected chi connectivity index (χ4v) is 4.14. The molecule has 0 aliphatic heterocycles. The lowest BCUT2D eigenvalue weighted by atomic mass is 10.0. The highest BCUT2D eigenvalue weighted by Gasteiger charge is 2.17. The normalized spacial score (nSPS) is 19.6. The molecule has 132 valence electrons. The van der Waals surface area contributed by atoms with Crippen molar-refractivity contribution in [2.45, 2.75) is 71.1 Å². The Morgan fingerprint density at radius 1 is 1.08 bits per heavy atom. The summed E-state index contributed by atoms with van der Waals surface area (Å²) in [4.78, 5) is 0. The highest BCUT2D eigenvalue weighted by Crippen LogP contribution is 2.29. The quantitative estimate of drug-likeness (QED) is 0.527. The number of allylic oxidation sites excluding steroid dienone is 2. The molecule has 1 aromatic carbocycles. The molecule has 0 N–H and O–H groups in total. The Morgan fingerprint density at radius 3 is 2.54 bits per heavy atom. The second-order valence-corrected chi connectivity index (χ2v) is 7.63. The van der Waals surface area contributed by atoms with E-state index >= 15 is 0 Å². The molecule has 0 saturated heterocycles. The van der Waals surface area contributed by atoms with Gasteiger partial charge in [-0.15, -0.1) is 0 Å². The predicted octanol–water partition coefficient (Wildman–Crippen LogP) is 6.38. The maximum Gasteiger partial charge on any atom is 0.168 e. The number of hydrogen-bond donors (Lipinski definition) is 0. The first-order valence-corrected chi connectivity index (χ1v) is 9.81. The van der Waals surface area contributed by atoms with Crippen LogP contribution in [0.3, 0.4) is 0 Å². The van der Waals surface area contributed by atoms with E-state index in [1.165, 1.54) is 51.4 Å². The summed E-state index contributed by atoms with van der Waals surface area (Å²) in [5, 5.41) is 0. The number of aryl methyl sites for hydroxylation is 1. The molecule has 0 aromatic heterocycles. The van der Waals surface area contributed by atoms with E-state index in [1.807, 2.05) is 19.1 Å². The molecule has 0 atom stereocenters. The second-order valence-electron chi connectivity index (χ2n) is 7.63. The molecule has 2 fully saturated rings. The van der Waals surface area contributed by atoms with Gasteiger partial charge in [0.05, 0.1) is 6.61 Å². The lowest BCUT2D eigenvalue weighted by Crippen LogP contribution is -2.09. The van der Waals surface area contributed by atoms with Crippen molar-refractivity contribution in [1.82, 2.24) is 0 Å². The van der Waals surface area contributed by atoms with Gasteiger partial charge < -0.3 is 4.74 Å². The molecular formula is C22H31FO. The smallest absolute Gasteiger partial charge is 0.168 e. The average molecular weight is 330 g/mol. The van der Waals surface area contributed by atoms with Crippen LogP contribution < -0.4 is 4.74 Å².